The van der Waals surface area contributed by atoms with E-state index >= 15 is 0 Å². The van der Waals surface area contributed by atoms with Crippen molar-refractivity contribution in [2.24, 2.45) is 4.99 Å². The zero-order valence-corrected chi connectivity index (χ0v) is 14.4. The van der Waals surface area contributed by atoms with Crippen LogP contribution in [0.4, 0.5) is 4.79 Å². The Morgan fingerprint density at radius 3 is 2.55 bits per heavy atom. The van der Waals surface area contributed by atoms with Crippen molar-refractivity contribution in [3.8, 4) is 0 Å². The van der Waals surface area contributed by atoms with Crippen LogP contribution in [0.2, 0.25) is 0 Å². The number of rotatable bonds is 6. The number of likely N-dealkylation sites (tertiary alicyclic amines) is 1. The largest absolute Gasteiger partial charge is 0.444 e. The van der Waals surface area contributed by atoms with E-state index in [1.165, 1.54) is 0 Å². The van der Waals surface area contributed by atoms with E-state index in [9.17, 15) is 4.79 Å². The smallest absolute Gasteiger partial charge is 0.410 e. The van der Waals surface area contributed by atoms with Gasteiger partial charge in [-0.25, -0.2) is 4.79 Å². The topological polar surface area (TPSA) is 75.2 Å². The molecule has 22 heavy (non-hydrogen) atoms. The summed E-state index contributed by atoms with van der Waals surface area (Å²) >= 11 is 0. The van der Waals surface area contributed by atoms with Crippen LogP contribution >= 0.6 is 0 Å². The van der Waals surface area contributed by atoms with E-state index in [2.05, 4.69) is 15.6 Å². The molecule has 0 spiro atoms. The molecular formula is C15H30N4O3. The molecule has 1 amide bonds. The Balaban J connectivity index is 2.33. The van der Waals surface area contributed by atoms with Crippen LogP contribution in [0.15, 0.2) is 4.99 Å². The van der Waals surface area contributed by atoms with Gasteiger partial charge in [-0.05, 0) is 34.6 Å². The van der Waals surface area contributed by atoms with Crippen molar-refractivity contribution in [1.29, 1.82) is 0 Å². The minimum absolute atomic E-state index is 0.206. The van der Waals surface area contributed by atoms with Crippen molar-refractivity contribution in [1.82, 2.24) is 15.5 Å². The Morgan fingerprint density at radius 2 is 2.00 bits per heavy atom. The van der Waals surface area contributed by atoms with Gasteiger partial charge in [-0.1, -0.05) is 0 Å². The summed E-state index contributed by atoms with van der Waals surface area (Å²) in [4.78, 5) is 18.0. The molecule has 0 bridgehead atoms. The molecule has 0 aliphatic carbocycles. The molecule has 7 nitrogen and oxygen atoms in total. The summed E-state index contributed by atoms with van der Waals surface area (Å²) in [6, 6.07) is 0.206. The van der Waals surface area contributed by atoms with Gasteiger partial charge in [0.05, 0.1) is 19.2 Å². The molecular weight excluding hydrogens is 284 g/mol. The summed E-state index contributed by atoms with van der Waals surface area (Å²) in [5, 5.41) is 6.50. The summed E-state index contributed by atoms with van der Waals surface area (Å²) in [5.41, 5.74) is -0.453. The van der Waals surface area contributed by atoms with Crippen LogP contribution in [0, 0.1) is 0 Å². The zero-order valence-electron chi connectivity index (χ0n) is 14.4. The van der Waals surface area contributed by atoms with Crippen molar-refractivity contribution in [3.63, 3.8) is 0 Å². The van der Waals surface area contributed by atoms with E-state index in [1.807, 2.05) is 34.6 Å². The Kier molecular flexibility index (Phi) is 7.44. The van der Waals surface area contributed by atoms with E-state index in [0.29, 0.717) is 32.8 Å². The minimum Gasteiger partial charge on any atom is -0.444 e. The Hall–Kier alpha value is -1.50. The molecule has 1 saturated heterocycles. The van der Waals surface area contributed by atoms with Gasteiger partial charge in [-0.3, -0.25) is 4.99 Å². The summed E-state index contributed by atoms with van der Waals surface area (Å²) in [5.74, 6) is 0.760. The minimum atomic E-state index is -0.453. The second-order valence-electron chi connectivity index (χ2n) is 6.18. The first-order valence-electron chi connectivity index (χ1n) is 7.96. The number of aliphatic imine (C=N–C) groups is 1. The molecule has 0 radical (unpaired) electrons. The third-order valence-electron chi connectivity index (χ3n) is 2.93. The molecule has 0 atom stereocenters. The number of guanidine groups is 1. The van der Waals surface area contributed by atoms with E-state index in [4.69, 9.17) is 9.47 Å². The Labute approximate surface area is 133 Å². The fourth-order valence-corrected chi connectivity index (χ4v) is 1.93. The van der Waals surface area contributed by atoms with Crippen LogP contribution in [-0.4, -0.2) is 68.0 Å². The second kappa shape index (κ2) is 8.82. The van der Waals surface area contributed by atoms with Crippen LogP contribution in [0.5, 0.6) is 0 Å². The normalized spacial score (nSPS) is 16.2. The molecule has 128 valence electrons. The molecule has 1 aliphatic rings. The summed E-state index contributed by atoms with van der Waals surface area (Å²) < 4.78 is 10.6. The molecule has 0 aromatic heterocycles. The van der Waals surface area contributed by atoms with Gasteiger partial charge in [-0.2, -0.15) is 0 Å². The van der Waals surface area contributed by atoms with Gasteiger partial charge in [0.25, 0.3) is 0 Å². The van der Waals surface area contributed by atoms with E-state index in [1.54, 1.807) is 4.90 Å². The van der Waals surface area contributed by atoms with E-state index in [0.717, 1.165) is 12.5 Å². The predicted octanol–water partition coefficient (Wildman–Crippen LogP) is 1.20. The van der Waals surface area contributed by atoms with Crippen molar-refractivity contribution in [2.75, 3.05) is 39.4 Å². The molecule has 2 N–H and O–H groups in total. The molecule has 1 heterocycles. The average molecular weight is 314 g/mol. The van der Waals surface area contributed by atoms with Crippen LogP contribution in [0.3, 0.4) is 0 Å². The summed E-state index contributed by atoms with van der Waals surface area (Å²) in [6.45, 7) is 13.6. The number of nitrogens with one attached hydrogen (secondary N) is 2. The lowest BCUT2D eigenvalue weighted by Crippen LogP contribution is -2.63. The highest BCUT2D eigenvalue weighted by molar-refractivity contribution is 5.80. The lowest BCUT2D eigenvalue weighted by Gasteiger charge is -2.40. The molecule has 0 unspecified atom stereocenters. The standard InChI is InChI=1S/C15H30N4O3/c1-6-16-13(17-8-9-21-7-2)18-12-10-19(11-12)14(20)22-15(3,4)5/h12H,6-11H2,1-5H3,(H2,16,17,18). The number of carbonyl (C=O) groups excluding carboxylic acids is 1. The Bertz CT molecular complexity index is 373. The van der Waals surface area contributed by atoms with Gasteiger partial charge in [0.15, 0.2) is 5.96 Å². The molecule has 7 heteroatoms. The van der Waals surface area contributed by atoms with Crippen molar-refractivity contribution >= 4 is 12.1 Å². The number of ether oxygens (including phenoxy) is 2. The van der Waals surface area contributed by atoms with Gasteiger partial charge in [-0.15, -0.1) is 0 Å². The van der Waals surface area contributed by atoms with Crippen molar-refractivity contribution < 1.29 is 14.3 Å². The number of hydrogen-bond donors (Lipinski definition) is 2. The molecule has 0 aromatic carbocycles. The maximum atomic E-state index is 11.9. The number of carbonyl (C=O) groups is 1. The first kappa shape index (κ1) is 18.5. The number of amides is 1. The van der Waals surface area contributed by atoms with Gasteiger partial charge in [0.1, 0.15) is 5.60 Å². The van der Waals surface area contributed by atoms with E-state index in [-0.39, 0.29) is 12.1 Å². The van der Waals surface area contributed by atoms with Crippen LogP contribution in [-0.2, 0) is 9.47 Å². The molecule has 0 saturated carbocycles. The number of nitrogens with zero attached hydrogens (tertiary/aromatic N) is 2. The molecule has 1 rings (SSSR count). The van der Waals surface area contributed by atoms with Gasteiger partial charge in [0, 0.05) is 26.2 Å². The lowest BCUT2D eigenvalue weighted by atomic mass is 10.1. The van der Waals surface area contributed by atoms with Crippen LogP contribution in [0.25, 0.3) is 0 Å². The third kappa shape index (κ3) is 6.98. The van der Waals surface area contributed by atoms with E-state index < -0.39 is 5.60 Å². The summed E-state index contributed by atoms with van der Waals surface area (Å²) in [6.07, 6.45) is -0.260. The van der Waals surface area contributed by atoms with Crippen molar-refractivity contribution in [2.45, 2.75) is 46.3 Å². The highest BCUT2D eigenvalue weighted by Crippen LogP contribution is 2.15. The van der Waals surface area contributed by atoms with Gasteiger partial charge >= 0.3 is 6.09 Å². The quantitative estimate of drug-likeness (QED) is 0.438. The first-order chi connectivity index (χ1) is 10.4. The number of hydrogen-bond acceptors (Lipinski definition) is 4. The zero-order chi connectivity index (χ0) is 16.6. The van der Waals surface area contributed by atoms with Gasteiger partial charge < -0.3 is 25.0 Å². The maximum Gasteiger partial charge on any atom is 0.410 e. The first-order valence-corrected chi connectivity index (χ1v) is 7.96. The van der Waals surface area contributed by atoms with Crippen molar-refractivity contribution in [3.05, 3.63) is 0 Å². The lowest BCUT2D eigenvalue weighted by molar-refractivity contribution is 0.00701. The molecule has 1 fully saturated rings. The monoisotopic (exact) mass is 314 g/mol. The molecule has 1 aliphatic heterocycles. The second-order valence-corrected chi connectivity index (χ2v) is 6.18. The highest BCUT2D eigenvalue weighted by atomic mass is 16.6. The van der Waals surface area contributed by atoms with Crippen LogP contribution < -0.4 is 10.6 Å². The maximum absolute atomic E-state index is 11.9. The predicted molar refractivity (Wildman–Crippen MR) is 87.2 cm³/mol. The molecule has 0 aromatic rings. The SMILES string of the molecule is CCNC(=NCCOCC)NC1CN(C(=O)OC(C)(C)C)C1. The Morgan fingerprint density at radius 1 is 1.32 bits per heavy atom. The highest BCUT2D eigenvalue weighted by Gasteiger charge is 2.34. The third-order valence-corrected chi connectivity index (χ3v) is 2.93. The van der Waals surface area contributed by atoms with Gasteiger partial charge in [0.2, 0.25) is 0 Å². The average Bonchev–Trinajstić information content (AvgIpc) is 2.35. The fourth-order valence-electron chi connectivity index (χ4n) is 1.93. The van der Waals surface area contributed by atoms with Crippen LogP contribution in [0.1, 0.15) is 34.6 Å². The summed E-state index contributed by atoms with van der Waals surface area (Å²) in [7, 11) is 0. The fraction of sp³-hybridized carbons (Fsp3) is 0.867.